The third-order valence-corrected chi connectivity index (χ3v) is 7.13. The lowest BCUT2D eigenvalue weighted by atomic mass is 10.1. The molecule has 6 heterocycles. The van der Waals surface area contributed by atoms with E-state index in [1.54, 1.807) is 24.8 Å². The maximum atomic E-state index is 16.1. The van der Waals surface area contributed by atoms with Crippen LogP contribution in [-0.2, 0) is 4.79 Å². The maximum Gasteiger partial charge on any atom is 0.227 e. The summed E-state index contributed by atoms with van der Waals surface area (Å²) in [4.78, 5) is 37.7. The molecule has 1 amide bonds. The van der Waals surface area contributed by atoms with Crippen molar-refractivity contribution in [3.8, 4) is 28.5 Å². The quantitative estimate of drug-likeness (QED) is 0.297. The van der Waals surface area contributed by atoms with E-state index in [2.05, 4.69) is 45.4 Å². The van der Waals surface area contributed by atoms with E-state index in [1.165, 1.54) is 12.4 Å². The van der Waals surface area contributed by atoms with Crippen LogP contribution in [-0.4, -0.2) is 50.6 Å². The Balaban J connectivity index is 1.28. The molecule has 0 radical (unpaired) electrons. The number of anilines is 1. The van der Waals surface area contributed by atoms with Gasteiger partial charge < -0.3 is 14.9 Å². The minimum atomic E-state index is -0.573. The topological polar surface area (TPSA) is 143 Å². The van der Waals surface area contributed by atoms with Crippen LogP contribution in [0.5, 0.6) is 0 Å². The number of carbonyl (C=O) groups excluding carboxylic acids is 1. The second-order valence-electron chi connectivity index (χ2n) is 9.75. The summed E-state index contributed by atoms with van der Waals surface area (Å²) in [5.74, 6) is -0.239. The third kappa shape index (κ3) is 4.00. The zero-order chi connectivity index (χ0) is 26.5. The normalized spacial score (nSPS) is 14.0. The van der Waals surface area contributed by atoms with Gasteiger partial charge in [0.25, 0.3) is 0 Å². The van der Waals surface area contributed by atoms with Gasteiger partial charge in [-0.05, 0) is 31.9 Å². The van der Waals surface area contributed by atoms with Crippen molar-refractivity contribution in [1.29, 1.82) is 0 Å². The van der Waals surface area contributed by atoms with E-state index in [0.717, 1.165) is 37.1 Å². The summed E-state index contributed by atoms with van der Waals surface area (Å²) >= 11 is 0. The number of aryl methyl sites for hydroxylation is 1. The summed E-state index contributed by atoms with van der Waals surface area (Å²) in [5.41, 5.74) is 4.58. The number of hydrogen-bond acceptors (Lipinski definition) is 7. The lowest BCUT2D eigenvalue weighted by Crippen LogP contribution is -2.20. The highest BCUT2D eigenvalue weighted by Crippen LogP contribution is 2.33. The van der Waals surface area contributed by atoms with Crippen molar-refractivity contribution >= 4 is 33.7 Å². The average molecular weight is 523 g/mol. The molecule has 0 unspecified atom stereocenters. The predicted octanol–water partition coefficient (Wildman–Crippen LogP) is 4.72. The largest absolute Gasteiger partial charge is 0.333 e. The summed E-state index contributed by atoms with van der Waals surface area (Å²) in [6, 6.07) is 3.53. The van der Waals surface area contributed by atoms with Gasteiger partial charge in [-0.25, -0.2) is 19.3 Å². The minimum Gasteiger partial charge on any atom is -0.333 e. The SMILES string of the molecule is Cc1cn(-c2ccnc3nc(-c4n[nH]c5cnc(-c6cncc(NC(=O)C7CCCC7)c6)c(F)c45)[nH]c23)cn1. The molecule has 39 heavy (non-hydrogen) atoms. The zero-order valence-electron chi connectivity index (χ0n) is 20.9. The molecule has 0 spiro atoms. The van der Waals surface area contributed by atoms with Gasteiger partial charge in [0.1, 0.15) is 16.9 Å². The molecule has 1 fully saturated rings. The number of aromatic nitrogens is 9. The van der Waals surface area contributed by atoms with Gasteiger partial charge >= 0.3 is 0 Å². The van der Waals surface area contributed by atoms with Crippen molar-refractivity contribution in [1.82, 2.24) is 44.7 Å². The Morgan fingerprint density at radius 3 is 2.82 bits per heavy atom. The molecule has 11 nitrogen and oxygen atoms in total. The number of rotatable bonds is 5. The number of amides is 1. The second-order valence-corrected chi connectivity index (χ2v) is 9.75. The van der Waals surface area contributed by atoms with Crippen LogP contribution in [0.25, 0.3) is 50.5 Å². The number of pyridine rings is 3. The Hall–Kier alpha value is -5.00. The van der Waals surface area contributed by atoms with Crippen molar-refractivity contribution in [2.75, 3.05) is 5.32 Å². The molecule has 0 aromatic carbocycles. The number of hydrogen-bond donors (Lipinski definition) is 3. The first-order valence-corrected chi connectivity index (χ1v) is 12.7. The standard InChI is InChI=1S/C27H23FN10O/c1-14-12-38(13-32-14)19-6-7-30-25-23(19)34-26(35-25)24-20-18(36-37-24)11-31-22(21(20)28)16-8-17(10-29-9-16)33-27(39)15-4-2-3-5-15/h6-13,15H,2-5H2,1H3,(H,33,39)(H,36,37)(H,30,34,35). The lowest BCUT2D eigenvalue weighted by Gasteiger charge is -2.11. The Bertz CT molecular complexity index is 1860. The Morgan fingerprint density at radius 2 is 2.00 bits per heavy atom. The number of fused-ring (bicyclic) bond motifs is 2. The smallest absolute Gasteiger partial charge is 0.227 e. The summed E-state index contributed by atoms with van der Waals surface area (Å²) in [5, 5.41) is 10.3. The monoisotopic (exact) mass is 522 g/mol. The van der Waals surface area contributed by atoms with Crippen LogP contribution in [0.1, 0.15) is 31.4 Å². The van der Waals surface area contributed by atoms with Gasteiger partial charge in [0.2, 0.25) is 5.91 Å². The van der Waals surface area contributed by atoms with E-state index in [0.29, 0.717) is 39.4 Å². The highest BCUT2D eigenvalue weighted by molar-refractivity contribution is 5.96. The number of aromatic amines is 2. The molecular formula is C27H23FN10O. The van der Waals surface area contributed by atoms with E-state index in [9.17, 15) is 4.79 Å². The first-order chi connectivity index (χ1) is 19.0. The molecule has 0 atom stereocenters. The van der Waals surface area contributed by atoms with Gasteiger partial charge in [0, 0.05) is 30.1 Å². The molecule has 3 N–H and O–H groups in total. The highest BCUT2D eigenvalue weighted by atomic mass is 19.1. The van der Waals surface area contributed by atoms with Crippen LogP contribution in [0.2, 0.25) is 0 Å². The maximum absolute atomic E-state index is 16.1. The van der Waals surface area contributed by atoms with Crippen LogP contribution >= 0.6 is 0 Å². The van der Waals surface area contributed by atoms with E-state index < -0.39 is 5.82 Å². The number of imidazole rings is 2. The highest BCUT2D eigenvalue weighted by Gasteiger charge is 2.24. The van der Waals surface area contributed by atoms with E-state index in [1.807, 2.05) is 23.8 Å². The Morgan fingerprint density at radius 1 is 1.13 bits per heavy atom. The molecule has 1 aliphatic carbocycles. The summed E-state index contributed by atoms with van der Waals surface area (Å²) in [7, 11) is 0. The fourth-order valence-electron chi connectivity index (χ4n) is 5.20. The molecule has 6 aromatic rings. The molecule has 1 aliphatic rings. The van der Waals surface area contributed by atoms with E-state index in [4.69, 9.17) is 0 Å². The van der Waals surface area contributed by atoms with Crippen LogP contribution in [0.15, 0.2) is 49.4 Å². The van der Waals surface area contributed by atoms with Gasteiger partial charge in [-0.2, -0.15) is 5.10 Å². The molecule has 0 saturated heterocycles. The van der Waals surface area contributed by atoms with Crippen LogP contribution in [0, 0.1) is 18.7 Å². The number of nitrogens with zero attached hydrogens (tertiary/aromatic N) is 7. The Labute approximate surface area is 221 Å². The first-order valence-electron chi connectivity index (χ1n) is 12.7. The second kappa shape index (κ2) is 9.08. The van der Waals surface area contributed by atoms with Crippen molar-refractivity contribution in [3.63, 3.8) is 0 Å². The zero-order valence-corrected chi connectivity index (χ0v) is 20.9. The molecule has 194 valence electrons. The molecule has 6 aromatic heterocycles. The number of carbonyl (C=O) groups is 1. The van der Waals surface area contributed by atoms with Gasteiger partial charge in [-0.15, -0.1) is 0 Å². The molecule has 7 rings (SSSR count). The third-order valence-electron chi connectivity index (χ3n) is 7.13. The lowest BCUT2D eigenvalue weighted by molar-refractivity contribution is -0.119. The molecular weight excluding hydrogens is 499 g/mol. The first kappa shape index (κ1) is 23.1. The predicted molar refractivity (Wildman–Crippen MR) is 142 cm³/mol. The fraction of sp³-hybridized carbons (Fsp3) is 0.222. The summed E-state index contributed by atoms with van der Waals surface area (Å²) < 4.78 is 17.9. The van der Waals surface area contributed by atoms with Crippen LogP contribution in [0.4, 0.5) is 10.1 Å². The molecule has 12 heteroatoms. The number of nitrogens with one attached hydrogen (secondary N) is 3. The molecule has 0 aliphatic heterocycles. The van der Waals surface area contributed by atoms with Gasteiger partial charge in [0.05, 0.1) is 46.7 Å². The van der Waals surface area contributed by atoms with E-state index in [-0.39, 0.29) is 22.9 Å². The van der Waals surface area contributed by atoms with E-state index >= 15 is 4.39 Å². The van der Waals surface area contributed by atoms with Crippen molar-refractivity contribution in [2.24, 2.45) is 5.92 Å². The van der Waals surface area contributed by atoms with Gasteiger partial charge in [0.15, 0.2) is 17.3 Å². The minimum absolute atomic E-state index is 0.00460. The van der Waals surface area contributed by atoms with Gasteiger partial charge in [-0.3, -0.25) is 19.9 Å². The Kier molecular flexibility index (Phi) is 5.39. The number of halogens is 1. The van der Waals surface area contributed by atoms with Crippen molar-refractivity contribution in [3.05, 3.63) is 61.0 Å². The van der Waals surface area contributed by atoms with Crippen molar-refractivity contribution in [2.45, 2.75) is 32.6 Å². The average Bonchev–Trinajstić information content (AvgIpc) is 3.75. The molecule has 1 saturated carbocycles. The van der Waals surface area contributed by atoms with Gasteiger partial charge in [-0.1, -0.05) is 12.8 Å². The summed E-state index contributed by atoms with van der Waals surface area (Å²) in [6.45, 7) is 1.91. The fourth-order valence-corrected chi connectivity index (χ4v) is 5.20. The van der Waals surface area contributed by atoms with Crippen molar-refractivity contribution < 1.29 is 9.18 Å². The van der Waals surface area contributed by atoms with Crippen LogP contribution in [0.3, 0.4) is 0 Å². The summed E-state index contributed by atoms with van der Waals surface area (Å²) in [6.07, 6.45) is 13.8. The van der Waals surface area contributed by atoms with Crippen LogP contribution < -0.4 is 5.32 Å². The molecule has 0 bridgehead atoms. The number of H-pyrrole nitrogens is 2.